The molecule has 2 aromatic rings. The lowest BCUT2D eigenvalue weighted by molar-refractivity contribution is 0.142. The Morgan fingerprint density at radius 1 is 1.14 bits per heavy atom. The second-order valence-electron chi connectivity index (χ2n) is 5.88. The molecule has 1 N–H and O–H groups in total. The molecule has 0 aromatic heterocycles. The number of fused-ring (bicyclic) bond motifs is 1. The zero-order valence-electron chi connectivity index (χ0n) is 12.5. The van der Waals surface area contributed by atoms with E-state index in [0.717, 1.165) is 31.4 Å². The molecule has 0 radical (unpaired) electrons. The van der Waals surface area contributed by atoms with Crippen LogP contribution < -0.4 is 4.74 Å². The van der Waals surface area contributed by atoms with Crippen LogP contribution in [-0.4, -0.2) is 18.3 Å². The first-order chi connectivity index (χ1) is 10.3. The van der Waals surface area contributed by atoms with Gasteiger partial charge >= 0.3 is 0 Å². The largest absolute Gasteiger partial charge is 0.497 e. The topological polar surface area (TPSA) is 29.5 Å². The summed E-state index contributed by atoms with van der Waals surface area (Å²) in [5, 5.41) is 10.2. The van der Waals surface area contributed by atoms with Gasteiger partial charge in [0.15, 0.2) is 0 Å². The molecule has 0 fully saturated rings. The first kappa shape index (κ1) is 14.2. The first-order valence-corrected chi connectivity index (χ1v) is 7.65. The number of hydrogen-bond donors (Lipinski definition) is 1. The van der Waals surface area contributed by atoms with Gasteiger partial charge in [-0.1, -0.05) is 36.4 Å². The molecule has 0 amide bonds. The third-order valence-corrected chi connectivity index (χ3v) is 4.44. The van der Waals surface area contributed by atoms with Gasteiger partial charge in [0, 0.05) is 0 Å². The molecule has 0 spiro atoms. The molecule has 0 bridgehead atoms. The molecule has 2 atom stereocenters. The van der Waals surface area contributed by atoms with Gasteiger partial charge in [0.2, 0.25) is 0 Å². The molecule has 0 saturated heterocycles. The number of ether oxygens (including phenoxy) is 1. The van der Waals surface area contributed by atoms with Crippen LogP contribution in [0.3, 0.4) is 0 Å². The van der Waals surface area contributed by atoms with Gasteiger partial charge in [0.1, 0.15) is 5.75 Å². The average Bonchev–Trinajstić information content (AvgIpc) is 2.51. The predicted octanol–water partition coefficient (Wildman–Crippen LogP) is 3.72. The van der Waals surface area contributed by atoms with Crippen molar-refractivity contribution in [2.24, 2.45) is 0 Å². The maximum Gasteiger partial charge on any atom is 0.118 e. The number of aliphatic hydroxyl groups is 1. The van der Waals surface area contributed by atoms with E-state index in [1.165, 1.54) is 16.7 Å². The van der Waals surface area contributed by atoms with Gasteiger partial charge in [-0.25, -0.2) is 0 Å². The predicted molar refractivity (Wildman–Crippen MR) is 84.8 cm³/mol. The summed E-state index contributed by atoms with van der Waals surface area (Å²) in [6.45, 7) is 0. The van der Waals surface area contributed by atoms with Crippen molar-refractivity contribution in [1.29, 1.82) is 0 Å². The lowest BCUT2D eigenvalue weighted by Gasteiger charge is -2.31. The van der Waals surface area contributed by atoms with Gasteiger partial charge in [-0.05, 0) is 60.4 Å². The fraction of sp³-hybridized carbons (Fsp3) is 0.368. The highest BCUT2D eigenvalue weighted by Gasteiger charge is 2.27. The smallest absolute Gasteiger partial charge is 0.118 e. The molecule has 1 aliphatic rings. The van der Waals surface area contributed by atoms with E-state index in [0.29, 0.717) is 5.92 Å². The van der Waals surface area contributed by atoms with Crippen LogP contribution in [0.5, 0.6) is 5.75 Å². The van der Waals surface area contributed by atoms with Crippen LogP contribution >= 0.6 is 0 Å². The summed E-state index contributed by atoms with van der Waals surface area (Å²) in [7, 11) is 1.68. The molecule has 2 nitrogen and oxygen atoms in total. The Morgan fingerprint density at radius 2 is 1.90 bits per heavy atom. The third kappa shape index (κ3) is 3.27. The molecular formula is C19H22O2. The van der Waals surface area contributed by atoms with Crippen molar-refractivity contribution < 1.29 is 9.84 Å². The van der Waals surface area contributed by atoms with Gasteiger partial charge < -0.3 is 9.84 Å². The lowest BCUT2D eigenvalue weighted by Crippen LogP contribution is -2.22. The third-order valence-electron chi connectivity index (χ3n) is 4.44. The second kappa shape index (κ2) is 6.31. The molecule has 0 heterocycles. The maximum atomic E-state index is 10.2. The number of aryl methyl sites for hydroxylation is 1. The minimum Gasteiger partial charge on any atom is -0.497 e. The molecular weight excluding hydrogens is 260 g/mol. The summed E-state index contributed by atoms with van der Waals surface area (Å²) in [4.78, 5) is 0. The highest BCUT2D eigenvalue weighted by molar-refractivity contribution is 5.39. The number of hydrogen-bond acceptors (Lipinski definition) is 2. The van der Waals surface area contributed by atoms with E-state index in [4.69, 9.17) is 4.74 Å². The summed E-state index contributed by atoms with van der Waals surface area (Å²) >= 11 is 0. The maximum absolute atomic E-state index is 10.2. The fourth-order valence-electron chi connectivity index (χ4n) is 3.14. The molecule has 1 aliphatic carbocycles. The van der Waals surface area contributed by atoms with E-state index < -0.39 is 0 Å². The molecule has 2 unspecified atom stereocenters. The monoisotopic (exact) mass is 282 g/mol. The zero-order valence-corrected chi connectivity index (χ0v) is 12.5. The Hall–Kier alpha value is -1.80. The van der Waals surface area contributed by atoms with Crippen molar-refractivity contribution in [3.8, 4) is 5.75 Å². The summed E-state index contributed by atoms with van der Waals surface area (Å²) in [5.41, 5.74) is 4.13. The van der Waals surface area contributed by atoms with Crippen LogP contribution in [0.15, 0.2) is 48.5 Å². The van der Waals surface area contributed by atoms with E-state index in [1.807, 2.05) is 12.1 Å². The number of rotatable bonds is 6. The second-order valence-corrected chi connectivity index (χ2v) is 5.88. The molecule has 2 heteroatoms. The Balaban J connectivity index is 1.48. The van der Waals surface area contributed by atoms with Crippen LogP contribution in [0.1, 0.15) is 35.4 Å². The normalized spacial score (nSPS) is 17.7. The van der Waals surface area contributed by atoms with E-state index in [9.17, 15) is 5.11 Å². The Labute approximate surface area is 126 Å². The van der Waals surface area contributed by atoms with Crippen LogP contribution in [-0.2, 0) is 12.8 Å². The summed E-state index contributed by atoms with van der Waals surface area (Å²) in [6, 6.07) is 16.7. The van der Waals surface area contributed by atoms with Crippen LogP contribution in [0.25, 0.3) is 0 Å². The summed E-state index contributed by atoms with van der Waals surface area (Å²) in [6.07, 6.45) is 3.53. The highest BCUT2D eigenvalue weighted by Crippen LogP contribution is 2.38. The molecule has 21 heavy (non-hydrogen) atoms. The van der Waals surface area contributed by atoms with Gasteiger partial charge in [-0.3, -0.25) is 0 Å². The van der Waals surface area contributed by atoms with Gasteiger partial charge in [0.05, 0.1) is 13.2 Å². The van der Waals surface area contributed by atoms with Crippen molar-refractivity contribution in [1.82, 2.24) is 0 Å². The van der Waals surface area contributed by atoms with E-state index in [2.05, 4.69) is 36.4 Å². The Morgan fingerprint density at radius 3 is 2.62 bits per heavy atom. The molecule has 3 rings (SSSR count). The van der Waals surface area contributed by atoms with Gasteiger partial charge in [-0.2, -0.15) is 0 Å². The molecule has 110 valence electrons. The zero-order chi connectivity index (χ0) is 14.7. The quantitative estimate of drug-likeness (QED) is 0.875. The SMILES string of the molecule is COc1ccc(CCC(O)CC2Cc3ccccc32)cc1. The average molecular weight is 282 g/mol. The van der Waals surface area contributed by atoms with Crippen LogP contribution in [0.2, 0.25) is 0 Å². The van der Waals surface area contributed by atoms with Crippen molar-refractivity contribution >= 4 is 0 Å². The summed E-state index contributed by atoms with van der Waals surface area (Å²) in [5.74, 6) is 1.43. The van der Waals surface area contributed by atoms with E-state index >= 15 is 0 Å². The van der Waals surface area contributed by atoms with Crippen molar-refractivity contribution in [3.05, 3.63) is 65.2 Å². The van der Waals surface area contributed by atoms with Crippen LogP contribution in [0.4, 0.5) is 0 Å². The van der Waals surface area contributed by atoms with Gasteiger partial charge in [0.25, 0.3) is 0 Å². The molecule has 2 aromatic carbocycles. The van der Waals surface area contributed by atoms with E-state index in [1.54, 1.807) is 7.11 Å². The van der Waals surface area contributed by atoms with Crippen molar-refractivity contribution in [3.63, 3.8) is 0 Å². The lowest BCUT2D eigenvalue weighted by atomic mass is 9.74. The number of benzene rings is 2. The molecule has 0 saturated carbocycles. The molecule has 0 aliphatic heterocycles. The standard InChI is InChI=1S/C19H22O2/c1-21-18-10-7-14(8-11-18)6-9-17(20)13-16-12-15-4-2-3-5-19(15)16/h2-5,7-8,10-11,16-17,20H,6,9,12-13H2,1H3. The minimum atomic E-state index is -0.217. The highest BCUT2D eigenvalue weighted by atomic mass is 16.5. The number of methoxy groups -OCH3 is 1. The Kier molecular flexibility index (Phi) is 4.26. The van der Waals surface area contributed by atoms with E-state index in [-0.39, 0.29) is 6.10 Å². The Bertz CT molecular complexity index is 589. The van der Waals surface area contributed by atoms with Crippen molar-refractivity contribution in [2.45, 2.75) is 37.7 Å². The number of aliphatic hydroxyl groups excluding tert-OH is 1. The van der Waals surface area contributed by atoms with Crippen LogP contribution in [0, 0.1) is 0 Å². The van der Waals surface area contributed by atoms with Gasteiger partial charge in [-0.15, -0.1) is 0 Å². The summed E-state index contributed by atoms with van der Waals surface area (Å²) < 4.78 is 5.15. The van der Waals surface area contributed by atoms with Crippen molar-refractivity contribution in [2.75, 3.05) is 7.11 Å². The first-order valence-electron chi connectivity index (χ1n) is 7.65. The minimum absolute atomic E-state index is 0.217. The fourth-order valence-corrected chi connectivity index (χ4v) is 3.14.